The average molecular weight is 455 g/mol. The minimum atomic E-state index is -0.187. The molecule has 1 fully saturated rings. The summed E-state index contributed by atoms with van der Waals surface area (Å²) in [7, 11) is 1.75. The van der Waals surface area contributed by atoms with Crippen molar-refractivity contribution in [3.63, 3.8) is 0 Å². The van der Waals surface area contributed by atoms with Gasteiger partial charge in [-0.05, 0) is 35.8 Å². The van der Waals surface area contributed by atoms with Gasteiger partial charge in [0.15, 0.2) is 29.6 Å². The molecule has 0 radical (unpaired) electrons. The molecule has 170 valence electrons. The molecule has 0 amide bonds. The zero-order valence-electron chi connectivity index (χ0n) is 18.4. The summed E-state index contributed by atoms with van der Waals surface area (Å²) in [6.45, 7) is 0.201. The number of hydrogen-bond acceptors (Lipinski definition) is 8. The number of aryl methyl sites for hydroxylation is 1. The van der Waals surface area contributed by atoms with Crippen LogP contribution >= 0.6 is 0 Å². The second-order valence-electron chi connectivity index (χ2n) is 8.54. The van der Waals surface area contributed by atoms with E-state index in [-0.39, 0.29) is 12.1 Å². The molecule has 34 heavy (non-hydrogen) atoms. The number of allylic oxidation sites excluding steroid dienone is 2. The number of aromatic nitrogens is 7. The quantitative estimate of drug-likeness (QED) is 0.405. The van der Waals surface area contributed by atoms with Crippen LogP contribution in [0.4, 0.5) is 0 Å². The van der Waals surface area contributed by atoms with Crippen LogP contribution in [0.1, 0.15) is 24.3 Å². The highest BCUT2D eigenvalue weighted by Crippen LogP contribution is 2.52. The lowest BCUT2D eigenvalue weighted by atomic mass is 10.0. The number of fused-ring (bicyclic) bond motifs is 2. The molecular formula is C24H21N7O3. The second kappa shape index (κ2) is 8.22. The zero-order chi connectivity index (χ0) is 23.1. The van der Waals surface area contributed by atoms with Crippen LogP contribution in [0, 0.1) is 11.8 Å². The maximum absolute atomic E-state index is 12.1. The minimum Gasteiger partial charge on any atom is -0.444 e. The second-order valence-corrected chi connectivity index (χ2v) is 8.54. The van der Waals surface area contributed by atoms with E-state index in [1.807, 2.05) is 0 Å². The van der Waals surface area contributed by atoms with Crippen LogP contribution in [0.15, 0.2) is 75.6 Å². The van der Waals surface area contributed by atoms with Crippen molar-refractivity contribution >= 4 is 16.7 Å². The lowest BCUT2D eigenvalue weighted by Crippen LogP contribution is -2.22. The molecule has 7 rings (SSSR count). The molecule has 0 N–H and O–H groups in total. The fraction of sp³-hybridized carbons (Fsp3) is 0.250. The van der Waals surface area contributed by atoms with Gasteiger partial charge in [-0.1, -0.05) is 35.5 Å². The molecule has 5 aromatic rings. The Hall–Kier alpha value is -4.34. The Kier molecular flexibility index (Phi) is 4.90. The van der Waals surface area contributed by atoms with Gasteiger partial charge in [0, 0.05) is 12.6 Å². The zero-order valence-corrected chi connectivity index (χ0v) is 18.4. The first-order chi connectivity index (χ1) is 16.7. The highest BCUT2D eigenvalue weighted by molar-refractivity contribution is 5.72. The molecule has 10 heteroatoms. The van der Waals surface area contributed by atoms with Gasteiger partial charge in [0.05, 0.1) is 12.5 Å². The predicted molar refractivity (Wildman–Crippen MR) is 122 cm³/mol. The third-order valence-corrected chi connectivity index (χ3v) is 6.26. The van der Waals surface area contributed by atoms with Crippen molar-refractivity contribution in [2.45, 2.75) is 19.4 Å². The molecule has 0 bridgehead atoms. The lowest BCUT2D eigenvalue weighted by Gasteiger charge is -2.04. The highest BCUT2D eigenvalue weighted by atomic mass is 16.5. The van der Waals surface area contributed by atoms with Crippen LogP contribution in [-0.4, -0.2) is 34.2 Å². The molecule has 0 aliphatic heterocycles. The Morgan fingerprint density at radius 3 is 2.62 bits per heavy atom. The Balaban J connectivity index is 0.000000128. The van der Waals surface area contributed by atoms with Gasteiger partial charge in [0.25, 0.3) is 5.56 Å². The molecule has 4 heterocycles. The summed E-state index contributed by atoms with van der Waals surface area (Å²) in [5, 5.41) is 3.48. The van der Waals surface area contributed by atoms with E-state index in [4.69, 9.17) is 8.94 Å². The Morgan fingerprint density at radius 2 is 1.91 bits per heavy atom. The Bertz CT molecular complexity index is 1510. The molecule has 2 atom stereocenters. The van der Waals surface area contributed by atoms with Gasteiger partial charge in [0.1, 0.15) is 12.9 Å². The van der Waals surface area contributed by atoms with E-state index in [0.717, 1.165) is 23.2 Å². The first kappa shape index (κ1) is 20.3. The summed E-state index contributed by atoms with van der Waals surface area (Å²) in [6, 6.07) is 8.60. The van der Waals surface area contributed by atoms with Crippen molar-refractivity contribution in [1.82, 2.24) is 34.2 Å². The number of rotatable bonds is 4. The summed E-state index contributed by atoms with van der Waals surface area (Å²) in [5.74, 6) is 3.04. The first-order valence-electron chi connectivity index (χ1n) is 11.0. The molecule has 2 aliphatic rings. The van der Waals surface area contributed by atoms with Crippen molar-refractivity contribution in [1.29, 1.82) is 0 Å². The van der Waals surface area contributed by atoms with Crippen LogP contribution in [0.25, 0.3) is 28.1 Å². The summed E-state index contributed by atoms with van der Waals surface area (Å²) in [4.78, 5) is 28.0. The molecule has 1 saturated carbocycles. The number of imidazole rings is 1. The van der Waals surface area contributed by atoms with Crippen LogP contribution in [0.5, 0.6) is 0 Å². The van der Waals surface area contributed by atoms with Gasteiger partial charge in [0.2, 0.25) is 5.89 Å². The highest BCUT2D eigenvalue weighted by Gasteiger charge is 2.40. The topological polar surface area (TPSA) is 118 Å². The van der Waals surface area contributed by atoms with E-state index in [1.54, 1.807) is 24.1 Å². The third-order valence-electron chi connectivity index (χ3n) is 6.26. The fourth-order valence-corrected chi connectivity index (χ4v) is 4.34. The number of oxazole rings is 1. The number of nitrogens with zero attached hydrogens (tertiary/aromatic N) is 7. The van der Waals surface area contributed by atoms with Gasteiger partial charge in [-0.15, -0.1) is 0 Å². The standard InChI is InChI=1S/C15H13NO.C9H8N6O2/c1-3-11(15-8-16-9-17-15)4-2-10(1)12-5-13-7-14(13)6-12;1-14-4-11-8-7(14)9(16)15(5-12-8)2-6-10-3-13-17-6/h1-5,8-9,13-14H,6-7H2;3-5H,2H2,1H3. The van der Waals surface area contributed by atoms with E-state index in [9.17, 15) is 4.79 Å². The molecule has 2 unspecified atom stereocenters. The summed E-state index contributed by atoms with van der Waals surface area (Å²) >= 11 is 0. The van der Waals surface area contributed by atoms with Crippen molar-refractivity contribution in [2.24, 2.45) is 18.9 Å². The molecule has 0 spiro atoms. The SMILES string of the molecule is C1=C(c2ccc(-c3cnco3)cc2)CC2CC12.Cn1cnc2ncn(Cc3ncno3)c(=O)c21. The van der Waals surface area contributed by atoms with E-state index < -0.39 is 0 Å². The monoisotopic (exact) mass is 455 g/mol. The molecular weight excluding hydrogens is 434 g/mol. The van der Waals surface area contributed by atoms with E-state index in [0.29, 0.717) is 17.1 Å². The van der Waals surface area contributed by atoms with Crippen molar-refractivity contribution in [2.75, 3.05) is 0 Å². The Labute approximate surface area is 193 Å². The summed E-state index contributed by atoms with van der Waals surface area (Å²) < 4.78 is 13.2. The predicted octanol–water partition coefficient (Wildman–Crippen LogP) is 3.33. The average Bonchev–Trinajstić information content (AvgIpc) is 3.44. The normalized spacial score (nSPS) is 18.3. The largest absolute Gasteiger partial charge is 0.444 e. The molecule has 0 saturated heterocycles. The van der Waals surface area contributed by atoms with Crippen LogP contribution in [0.2, 0.25) is 0 Å². The van der Waals surface area contributed by atoms with Crippen molar-refractivity contribution in [3.05, 3.63) is 83.7 Å². The van der Waals surface area contributed by atoms with Crippen molar-refractivity contribution < 1.29 is 8.94 Å². The fourth-order valence-electron chi connectivity index (χ4n) is 4.34. The molecule has 4 aromatic heterocycles. The first-order valence-corrected chi connectivity index (χ1v) is 11.0. The van der Waals surface area contributed by atoms with Gasteiger partial charge in [-0.25, -0.2) is 15.0 Å². The number of benzene rings is 1. The van der Waals surface area contributed by atoms with Gasteiger partial charge >= 0.3 is 0 Å². The molecule has 1 aromatic carbocycles. The number of hydrogen-bond donors (Lipinski definition) is 0. The van der Waals surface area contributed by atoms with E-state index in [1.165, 1.54) is 47.6 Å². The van der Waals surface area contributed by atoms with Crippen LogP contribution in [0.3, 0.4) is 0 Å². The molecule has 2 aliphatic carbocycles. The van der Waals surface area contributed by atoms with Crippen LogP contribution in [-0.2, 0) is 13.6 Å². The maximum atomic E-state index is 12.1. The lowest BCUT2D eigenvalue weighted by molar-refractivity contribution is 0.368. The molecule has 10 nitrogen and oxygen atoms in total. The minimum absolute atomic E-state index is 0.187. The maximum Gasteiger partial charge on any atom is 0.280 e. The third kappa shape index (κ3) is 3.83. The van der Waals surface area contributed by atoms with Crippen molar-refractivity contribution in [3.8, 4) is 11.3 Å². The van der Waals surface area contributed by atoms with Crippen LogP contribution < -0.4 is 5.56 Å². The van der Waals surface area contributed by atoms with E-state index >= 15 is 0 Å². The Morgan fingerprint density at radius 1 is 1.09 bits per heavy atom. The smallest absolute Gasteiger partial charge is 0.280 e. The van der Waals surface area contributed by atoms with Gasteiger partial charge < -0.3 is 13.5 Å². The summed E-state index contributed by atoms with van der Waals surface area (Å²) in [5.41, 5.74) is 4.67. The van der Waals surface area contributed by atoms with Gasteiger partial charge in [-0.3, -0.25) is 9.36 Å². The van der Waals surface area contributed by atoms with E-state index in [2.05, 4.69) is 55.4 Å². The summed E-state index contributed by atoms with van der Waals surface area (Å²) in [6.07, 6.45) is 12.6. The van der Waals surface area contributed by atoms with Gasteiger partial charge in [-0.2, -0.15) is 4.98 Å².